The number of nitrogens with zero attached hydrogens (tertiary/aromatic N) is 1. The van der Waals surface area contributed by atoms with Gasteiger partial charge in [-0.25, -0.2) is 4.98 Å². The molecule has 14 heavy (non-hydrogen) atoms. The molecule has 0 aliphatic carbocycles. The number of H-pyrrole nitrogens is 1. The predicted molar refractivity (Wildman–Crippen MR) is 62.0 cm³/mol. The lowest BCUT2D eigenvalue weighted by Gasteiger charge is -2.26. The third-order valence-corrected chi connectivity index (χ3v) is 5.25. The SMILES string of the molecule is CC1SCCSC1c1nccc(=O)[nH]1. The zero-order valence-electron chi connectivity index (χ0n) is 7.90. The van der Waals surface area contributed by atoms with Crippen LogP contribution in [0.2, 0.25) is 0 Å². The molecule has 1 aromatic heterocycles. The molecule has 1 aromatic rings. The fourth-order valence-corrected chi connectivity index (χ4v) is 4.18. The Morgan fingerprint density at radius 1 is 1.50 bits per heavy atom. The molecule has 2 heterocycles. The molecule has 1 aliphatic heterocycles. The molecule has 1 aliphatic rings. The molecule has 0 aromatic carbocycles. The van der Waals surface area contributed by atoms with Gasteiger partial charge >= 0.3 is 0 Å². The highest BCUT2D eigenvalue weighted by Gasteiger charge is 2.25. The Hall–Kier alpha value is -0.420. The van der Waals surface area contributed by atoms with E-state index in [4.69, 9.17) is 0 Å². The van der Waals surface area contributed by atoms with Gasteiger partial charge in [-0.2, -0.15) is 11.8 Å². The van der Waals surface area contributed by atoms with Gasteiger partial charge in [0, 0.05) is 29.0 Å². The molecule has 0 radical (unpaired) electrons. The van der Waals surface area contributed by atoms with E-state index in [0.717, 1.165) is 11.6 Å². The second-order valence-corrected chi connectivity index (χ2v) is 5.92. The van der Waals surface area contributed by atoms with E-state index < -0.39 is 0 Å². The Balaban J connectivity index is 2.24. The summed E-state index contributed by atoms with van der Waals surface area (Å²) in [6, 6.07) is 1.45. The summed E-state index contributed by atoms with van der Waals surface area (Å²) in [6.45, 7) is 2.19. The van der Waals surface area contributed by atoms with E-state index in [-0.39, 0.29) is 5.56 Å². The van der Waals surface area contributed by atoms with Crippen LogP contribution < -0.4 is 5.56 Å². The molecule has 0 saturated carbocycles. The summed E-state index contributed by atoms with van der Waals surface area (Å²) in [4.78, 5) is 18.2. The summed E-state index contributed by atoms with van der Waals surface area (Å²) in [5.74, 6) is 3.15. The van der Waals surface area contributed by atoms with E-state index in [1.807, 2.05) is 23.5 Å². The van der Waals surface area contributed by atoms with Crippen LogP contribution in [-0.2, 0) is 0 Å². The average molecular weight is 228 g/mol. The van der Waals surface area contributed by atoms with Gasteiger partial charge in [-0.05, 0) is 0 Å². The molecule has 2 atom stereocenters. The summed E-state index contributed by atoms with van der Waals surface area (Å²) in [5.41, 5.74) is -0.0571. The third-order valence-electron chi connectivity index (χ3n) is 2.15. The van der Waals surface area contributed by atoms with Crippen molar-refractivity contribution in [3.8, 4) is 0 Å². The van der Waals surface area contributed by atoms with Crippen molar-refractivity contribution in [2.45, 2.75) is 17.4 Å². The lowest BCUT2D eigenvalue weighted by molar-refractivity contribution is 0.814. The Labute approximate surface area is 91.1 Å². The molecule has 3 nitrogen and oxygen atoms in total. The summed E-state index contributed by atoms with van der Waals surface area (Å²) >= 11 is 3.82. The summed E-state index contributed by atoms with van der Waals surface area (Å²) in [6.07, 6.45) is 1.58. The van der Waals surface area contributed by atoms with Crippen molar-refractivity contribution in [1.29, 1.82) is 0 Å². The van der Waals surface area contributed by atoms with E-state index >= 15 is 0 Å². The maximum Gasteiger partial charge on any atom is 0.250 e. The first kappa shape index (κ1) is 10.1. The van der Waals surface area contributed by atoms with Crippen LogP contribution in [0.25, 0.3) is 0 Å². The number of aromatic amines is 1. The Kier molecular flexibility index (Phi) is 3.18. The second-order valence-electron chi connectivity index (χ2n) is 3.19. The van der Waals surface area contributed by atoms with Gasteiger partial charge in [-0.1, -0.05) is 6.92 Å². The van der Waals surface area contributed by atoms with E-state index in [2.05, 4.69) is 16.9 Å². The average Bonchev–Trinajstić information content (AvgIpc) is 2.18. The fraction of sp³-hybridized carbons (Fsp3) is 0.556. The molecule has 76 valence electrons. The van der Waals surface area contributed by atoms with Gasteiger partial charge in [0.25, 0.3) is 5.56 Å². The van der Waals surface area contributed by atoms with E-state index in [9.17, 15) is 4.79 Å². The lowest BCUT2D eigenvalue weighted by atomic mass is 10.3. The molecule has 0 spiro atoms. The maximum absolute atomic E-state index is 11.1. The minimum atomic E-state index is -0.0571. The van der Waals surface area contributed by atoms with Crippen LogP contribution in [0.15, 0.2) is 17.1 Å². The van der Waals surface area contributed by atoms with Crippen LogP contribution in [0.3, 0.4) is 0 Å². The van der Waals surface area contributed by atoms with Gasteiger partial charge in [0.15, 0.2) is 0 Å². The zero-order chi connectivity index (χ0) is 9.97. The Morgan fingerprint density at radius 2 is 2.29 bits per heavy atom. The molecule has 2 rings (SSSR count). The van der Waals surface area contributed by atoms with E-state index in [1.54, 1.807) is 6.20 Å². The Bertz CT molecular complexity index is 366. The molecule has 5 heteroatoms. The molecule has 1 N–H and O–H groups in total. The monoisotopic (exact) mass is 228 g/mol. The topological polar surface area (TPSA) is 45.8 Å². The first-order valence-electron chi connectivity index (χ1n) is 4.56. The molecule has 1 fully saturated rings. The number of rotatable bonds is 1. The zero-order valence-corrected chi connectivity index (χ0v) is 9.53. The van der Waals surface area contributed by atoms with Crippen molar-refractivity contribution in [2.24, 2.45) is 0 Å². The normalized spacial score (nSPS) is 27.5. The standard InChI is InChI=1S/C9H12N2OS2/c1-6-8(14-5-4-13-6)9-10-3-2-7(12)11-9/h2-3,6,8H,4-5H2,1H3,(H,10,11,12). The number of nitrogens with one attached hydrogen (secondary N) is 1. The quantitative estimate of drug-likeness (QED) is 0.794. The first-order valence-corrected chi connectivity index (χ1v) is 6.65. The Morgan fingerprint density at radius 3 is 3.00 bits per heavy atom. The highest BCUT2D eigenvalue weighted by molar-refractivity contribution is 8.06. The van der Waals surface area contributed by atoms with Crippen LogP contribution in [0.5, 0.6) is 0 Å². The van der Waals surface area contributed by atoms with E-state index in [0.29, 0.717) is 10.5 Å². The van der Waals surface area contributed by atoms with E-state index in [1.165, 1.54) is 11.8 Å². The summed E-state index contributed by atoms with van der Waals surface area (Å²) in [5, 5.41) is 0.863. The number of aromatic nitrogens is 2. The first-order chi connectivity index (χ1) is 6.77. The summed E-state index contributed by atoms with van der Waals surface area (Å²) < 4.78 is 0. The minimum Gasteiger partial charge on any atom is -0.310 e. The van der Waals surface area contributed by atoms with Gasteiger partial charge < -0.3 is 4.98 Å². The van der Waals surface area contributed by atoms with Crippen molar-refractivity contribution in [3.05, 3.63) is 28.4 Å². The van der Waals surface area contributed by atoms with Crippen LogP contribution in [0.4, 0.5) is 0 Å². The highest BCUT2D eigenvalue weighted by Crippen LogP contribution is 2.40. The predicted octanol–water partition coefficient (Wildman–Crippen LogP) is 1.68. The molecular weight excluding hydrogens is 216 g/mol. The van der Waals surface area contributed by atoms with Crippen LogP contribution in [-0.4, -0.2) is 26.7 Å². The lowest BCUT2D eigenvalue weighted by Crippen LogP contribution is -2.20. The smallest absolute Gasteiger partial charge is 0.250 e. The third kappa shape index (κ3) is 2.15. The molecule has 0 amide bonds. The molecule has 2 unspecified atom stereocenters. The van der Waals surface area contributed by atoms with Crippen molar-refractivity contribution in [1.82, 2.24) is 9.97 Å². The van der Waals surface area contributed by atoms with Gasteiger partial charge in [-0.15, -0.1) is 11.8 Å². The van der Waals surface area contributed by atoms with Gasteiger partial charge in [0.2, 0.25) is 0 Å². The minimum absolute atomic E-state index is 0.0571. The fourth-order valence-electron chi connectivity index (χ4n) is 1.46. The number of hydrogen-bond acceptors (Lipinski definition) is 4. The van der Waals surface area contributed by atoms with Crippen molar-refractivity contribution < 1.29 is 0 Å². The largest absolute Gasteiger partial charge is 0.310 e. The van der Waals surface area contributed by atoms with Crippen LogP contribution in [0.1, 0.15) is 18.0 Å². The number of thioether (sulfide) groups is 2. The van der Waals surface area contributed by atoms with Gasteiger partial charge in [-0.3, -0.25) is 4.79 Å². The second kappa shape index (κ2) is 4.40. The van der Waals surface area contributed by atoms with Crippen molar-refractivity contribution in [2.75, 3.05) is 11.5 Å². The molecule has 0 bridgehead atoms. The molecular formula is C9H12N2OS2. The van der Waals surface area contributed by atoms with Crippen molar-refractivity contribution >= 4 is 23.5 Å². The maximum atomic E-state index is 11.1. The van der Waals surface area contributed by atoms with Crippen molar-refractivity contribution in [3.63, 3.8) is 0 Å². The molecule has 1 saturated heterocycles. The van der Waals surface area contributed by atoms with Crippen LogP contribution in [0, 0.1) is 0 Å². The number of hydrogen-bond donors (Lipinski definition) is 1. The van der Waals surface area contributed by atoms with Gasteiger partial charge in [0.05, 0.1) is 5.25 Å². The highest BCUT2D eigenvalue weighted by atomic mass is 32.2. The van der Waals surface area contributed by atoms with Gasteiger partial charge in [0.1, 0.15) is 5.82 Å². The van der Waals surface area contributed by atoms with Crippen LogP contribution >= 0.6 is 23.5 Å². The summed E-state index contributed by atoms with van der Waals surface area (Å²) in [7, 11) is 0.